The molecule has 70 valence electrons. The van der Waals surface area contributed by atoms with Crippen LogP contribution in [0.25, 0.3) is 0 Å². The maximum absolute atomic E-state index is 5.76. The first kappa shape index (κ1) is 11.5. The molecule has 0 aliphatic carbocycles. The van der Waals surface area contributed by atoms with Gasteiger partial charge in [0, 0.05) is 12.5 Å². The van der Waals surface area contributed by atoms with Crippen LogP contribution >= 0.6 is 0 Å². The minimum Gasteiger partial charge on any atom is -0.327 e. The standard InChI is InChI=1S/C11H21N/c1-3-5-6-7-8-10-11(12)9-4-2/h2,11H,3,5-10,12H2,1H3. The lowest BCUT2D eigenvalue weighted by Crippen LogP contribution is -2.18. The van der Waals surface area contributed by atoms with Gasteiger partial charge in [0.25, 0.3) is 0 Å². The molecule has 0 amide bonds. The van der Waals surface area contributed by atoms with Gasteiger partial charge >= 0.3 is 0 Å². The van der Waals surface area contributed by atoms with Crippen LogP contribution < -0.4 is 5.73 Å². The van der Waals surface area contributed by atoms with E-state index in [-0.39, 0.29) is 6.04 Å². The van der Waals surface area contributed by atoms with Crippen molar-refractivity contribution in [2.75, 3.05) is 0 Å². The molecule has 0 rings (SSSR count). The van der Waals surface area contributed by atoms with E-state index in [2.05, 4.69) is 12.8 Å². The van der Waals surface area contributed by atoms with E-state index in [1.54, 1.807) is 0 Å². The van der Waals surface area contributed by atoms with Crippen molar-refractivity contribution in [1.82, 2.24) is 0 Å². The molecule has 0 heterocycles. The first-order chi connectivity index (χ1) is 5.81. The van der Waals surface area contributed by atoms with Gasteiger partial charge in [-0.15, -0.1) is 12.3 Å². The Bertz CT molecular complexity index is 123. The lowest BCUT2D eigenvalue weighted by atomic mass is 10.1. The molecule has 0 aliphatic rings. The number of unbranched alkanes of at least 4 members (excludes halogenated alkanes) is 4. The van der Waals surface area contributed by atoms with Crippen molar-refractivity contribution < 1.29 is 0 Å². The SMILES string of the molecule is C#CCC(N)CCCCCCC. The summed E-state index contributed by atoms with van der Waals surface area (Å²) >= 11 is 0. The summed E-state index contributed by atoms with van der Waals surface area (Å²) in [5, 5.41) is 0. The smallest absolute Gasteiger partial charge is 0.0238 e. The summed E-state index contributed by atoms with van der Waals surface area (Å²) in [7, 11) is 0. The third kappa shape index (κ3) is 7.63. The van der Waals surface area contributed by atoms with Crippen LogP contribution in [-0.4, -0.2) is 6.04 Å². The van der Waals surface area contributed by atoms with Gasteiger partial charge in [-0.05, 0) is 6.42 Å². The zero-order valence-corrected chi connectivity index (χ0v) is 8.18. The largest absolute Gasteiger partial charge is 0.327 e. The van der Waals surface area contributed by atoms with Gasteiger partial charge in [-0.25, -0.2) is 0 Å². The Morgan fingerprint density at radius 1 is 1.25 bits per heavy atom. The van der Waals surface area contributed by atoms with Gasteiger partial charge in [0.05, 0.1) is 0 Å². The lowest BCUT2D eigenvalue weighted by Gasteiger charge is -2.06. The van der Waals surface area contributed by atoms with Crippen molar-refractivity contribution >= 4 is 0 Å². The highest BCUT2D eigenvalue weighted by Gasteiger charge is 1.98. The van der Waals surface area contributed by atoms with Crippen LogP contribution in [0.4, 0.5) is 0 Å². The van der Waals surface area contributed by atoms with Crippen LogP contribution in [0.5, 0.6) is 0 Å². The number of hydrogen-bond acceptors (Lipinski definition) is 1. The summed E-state index contributed by atoms with van der Waals surface area (Å²) in [5.41, 5.74) is 5.76. The molecule has 0 fully saturated rings. The van der Waals surface area contributed by atoms with Gasteiger partial charge in [-0.3, -0.25) is 0 Å². The monoisotopic (exact) mass is 167 g/mol. The van der Waals surface area contributed by atoms with E-state index < -0.39 is 0 Å². The van der Waals surface area contributed by atoms with Gasteiger partial charge in [-0.1, -0.05) is 39.0 Å². The van der Waals surface area contributed by atoms with Gasteiger partial charge in [0.2, 0.25) is 0 Å². The van der Waals surface area contributed by atoms with Crippen molar-refractivity contribution in [2.45, 2.75) is 57.9 Å². The van der Waals surface area contributed by atoms with E-state index in [0.717, 1.165) is 12.8 Å². The van der Waals surface area contributed by atoms with Crippen LogP contribution in [0.1, 0.15) is 51.9 Å². The second-order valence-electron chi connectivity index (χ2n) is 3.37. The van der Waals surface area contributed by atoms with Crippen molar-refractivity contribution in [2.24, 2.45) is 5.73 Å². The average Bonchev–Trinajstić information content (AvgIpc) is 2.05. The Labute approximate surface area is 76.7 Å². The van der Waals surface area contributed by atoms with Gasteiger partial charge in [0.1, 0.15) is 0 Å². The maximum atomic E-state index is 5.76. The summed E-state index contributed by atoms with van der Waals surface area (Å²) in [5.74, 6) is 2.59. The van der Waals surface area contributed by atoms with E-state index in [0.29, 0.717) is 0 Å². The van der Waals surface area contributed by atoms with Crippen molar-refractivity contribution in [3.05, 3.63) is 0 Å². The third-order valence-corrected chi connectivity index (χ3v) is 2.06. The molecule has 0 spiro atoms. The van der Waals surface area contributed by atoms with Crippen molar-refractivity contribution in [1.29, 1.82) is 0 Å². The highest BCUT2D eigenvalue weighted by atomic mass is 14.6. The molecule has 2 N–H and O–H groups in total. The highest BCUT2D eigenvalue weighted by Crippen LogP contribution is 2.07. The zero-order valence-electron chi connectivity index (χ0n) is 8.18. The molecule has 0 aromatic carbocycles. The molecule has 0 radical (unpaired) electrons. The van der Waals surface area contributed by atoms with E-state index in [1.807, 2.05) is 0 Å². The van der Waals surface area contributed by atoms with Gasteiger partial charge < -0.3 is 5.73 Å². The number of rotatable bonds is 7. The van der Waals surface area contributed by atoms with Crippen molar-refractivity contribution in [3.8, 4) is 12.3 Å². The van der Waals surface area contributed by atoms with Crippen LogP contribution in [-0.2, 0) is 0 Å². The molecule has 12 heavy (non-hydrogen) atoms. The molecule has 0 aromatic heterocycles. The van der Waals surface area contributed by atoms with E-state index >= 15 is 0 Å². The molecule has 0 aliphatic heterocycles. The Kier molecular flexibility index (Phi) is 8.27. The van der Waals surface area contributed by atoms with Gasteiger partial charge in [-0.2, -0.15) is 0 Å². The van der Waals surface area contributed by atoms with Crippen LogP contribution in [0.2, 0.25) is 0 Å². The molecule has 0 saturated carbocycles. The Morgan fingerprint density at radius 3 is 2.50 bits per heavy atom. The Balaban J connectivity index is 3.04. The molecular weight excluding hydrogens is 146 g/mol. The van der Waals surface area contributed by atoms with E-state index in [1.165, 1.54) is 32.1 Å². The predicted molar refractivity (Wildman–Crippen MR) is 54.8 cm³/mol. The molecule has 0 saturated heterocycles. The molecule has 1 unspecified atom stereocenters. The first-order valence-electron chi connectivity index (χ1n) is 5.00. The fourth-order valence-corrected chi connectivity index (χ4v) is 1.26. The highest BCUT2D eigenvalue weighted by molar-refractivity contribution is 4.88. The summed E-state index contributed by atoms with van der Waals surface area (Å²) in [6.45, 7) is 2.23. The quantitative estimate of drug-likeness (QED) is 0.458. The normalized spacial score (nSPS) is 12.4. The molecular formula is C11H21N. The second-order valence-corrected chi connectivity index (χ2v) is 3.37. The predicted octanol–water partition coefficient (Wildman–Crippen LogP) is 2.70. The zero-order chi connectivity index (χ0) is 9.23. The number of hydrogen-bond donors (Lipinski definition) is 1. The molecule has 0 aromatic rings. The molecule has 0 bridgehead atoms. The summed E-state index contributed by atoms with van der Waals surface area (Å²) in [6, 6.07) is 0.233. The fraction of sp³-hybridized carbons (Fsp3) is 0.818. The minimum atomic E-state index is 0.233. The topological polar surface area (TPSA) is 26.0 Å². The third-order valence-electron chi connectivity index (χ3n) is 2.06. The molecule has 1 nitrogen and oxygen atoms in total. The second kappa shape index (κ2) is 8.62. The summed E-state index contributed by atoms with van der Waals surface area (Å²) < 4.78 is 0. The van der Waals surface area contributed by atoms with Gasteiger partial charge in [0.15, 0.2) is 0 Å². The van der Waals surface area contributed by atoms with E-state index in [9.17, 15) is 0 Å². The first-order valence-corrected chi connectivity index (χ1v) is 5.00. The summed E-state index contributed by atoms with van der Waals surface area (Å²) in [6.07, 6.45) is 13.5. The lowest BCUT2D eigenvalue weighted by molar-refractivity contribution is 0.547. The Morgan fingerprint density at radius 2 is 1.92 bits per heavy atom. The van der Waals surface area contributed by atoms with Crippen LogP contribution in [0.15, 0.2) is 0 Å². The van der Waals surface area contributed by atoms with Crippen molar-refractivity contribution in [3.63, 3.8) is 0 Å². The molecule has 1 atom stereocenters. The maximum Gasteiger partial charge on any atom is 0.0238 e. The molecule has 1 heteroatoms. The average molecular weight is 167 g/mol. The Hall–Kier alpha value is -0.480. The summed E-state index contributed by atoms with van der Waals surface area (Å²) in [4.78, 5) is 0. The van der Waals surface area contributed by atoms with E-state index in [4.69, 9.17) is 12.2 Å². The number of terminal acetylenes is 1. The minimum absolute atomic E-state index is 0.233. The fourth-order valence-electron chi connectivity index (χ4n) is 1.26. The number of nitrogens with two attached hydrogens (primary N) is 1. The van der Waals surface area contributed by atoms with Crippen LogP contribution in [0.3, 0.4) is 0 Å². The van der Waals surface area contributed by atoms with Crippen LogP contribution in [0, 0.1) is 12.3 Å².